The summed E-state index contributed by atoms with van der Waals surface area (Å²) in [7, 11) is 0. The summed E-state index contributed by atoms with van der Waals surface area (Å²) in [5.41, 5.74) is 4.77. The molecule has 70 valence electrons. The molecule has 0 spiro atoms. The van der Waals surface area contributed by atoms with Gasteiger partial charge in [0, 0.05) is 0 Å². The van der Waals surface area contributed by atoms with Gasteiger partial charge >= 0.3 is 6.09 Å². The Hall–Kier alpha value is -1.72. The number of rotatable bonds is 2. The summed E-state index contributed by atoms with van der Waals surface area (Å²) in [6.45, 7) is 1.54. The molecule has 1 atom stereocenters. The molecule has 0 aromatic carbocycles. The van der Waals surface area contributed by atoms with Gasteiger partial charge in [-0.3, -0.25) is 0 Å². The number of ether oxygens (including phenoxy) is 1. The first-order chi connectivity index (χ1) is 6.09. The highest BCUT2D eigenvalue weighted by molar-refractivity contribution is 5.64. The van der Waals surface area contributed by atoms with Crippen molar-refractivity contribution in [3.8, 4) is 0 Å². The molecule has 13 heavy (non-hydrogen) atoms. The summed E-state index contributed by atoms with van der Waals surface area (Å²) in [5, 5.41) is 0. The number of aromatic nitrogens is 2. The summed E-state index contributed by atoms with van der Waals surface area (Å²) in [5.74, 6) is -0.338. The first-order valence-electron chi connectivity index (χ1n) is 3.53. The number of hydrogen-bond acceptors (Lipinski definition) is 4. The summed E-state index contributed by atoms with van der Waals surface area (Å²) in [6, 6.07) is 0. The van der Waals surface area contributed by atoms with E-state index in [4.69, 9.17) is 5.73 Å². The molecule has 0 saturated heterocycles. The van der Waals surface area contributed by atoms with E-state index < -0.39 is 18.0 Å². The van der Waals surface area contributed by atoms with Crippen LogP contribution in [0.25, 0.3) is 0 Å². The van der Waals surface area contributed by atoms with Crippen molar-refractivity contribution in [2.45, 2.75) is 13.0 Å². The van der Waals surface area contributed by atoms with E-state index in [0.717, 1.165) is 12.4 Å². The van der Waals surface area contributed by atoms with Gasteiger partial charge in [-0.1, -0.05) is 0 Å². The molecule has 1 rings (SSSR count). The van der Waals surface area contributed by atoms with Crippen molar-refractivity contribution in [1.29, 1.82) is 0 Å². The van der Waals surface area contributed by atoms with Crippen LogP contribution >= 0.6 is 0 Å². The van der Waals surface area contributed by atoms with Gasteiger partial charge in [-0.15, -0.1) is 0 Å². The predicted octanol–water partition coefficient (Wildman–Crippen LogP) is 0.772. The quantitative estimate of drug-likeness (QED) is 0.738. The number of nitrogens with zero attached hydrogens (tertiary/aromatic N) is 2. The topological polar surface area (TPSA) is 78.1 Å². The van der Waals surface area contributed by atoms with E-state index in [1.165, 1.54) is 6.92 Å². The fraction of sp³-hybridized carbons (Fsp3) is 0.286. The van der Waals surface area contributed by atoms with Crippen LogP contribution in [0.2, 0.25) is 0 Å². The Morgan fingerprint density at radius 2 is 2.15 bits per heavy atom. The average Bonchev–Trinajstić information content (AvgIpc) is 2.04. The van der Waals surface area contributed by atoms with E-state index in [1.807, 2.05) is 0 Å². The Kier molecular flexibility index (Phi) is 2.73. The average molecular weight is 185 g/mol. The van der Waals surface area contributed by atoms with Crippen molar-refractivity contribution in [2.24, 2.45) is 5.73 Å². The van der Waals surface area contributed by atoms with Crippen LogP contribution in [0.3, 0.4) is 0 Å². The van der Waals surface area contributed by atoms with Crippen LogP contribution in [-0.2, 0) is 4.74 Å². The van der Waals surface area contributed by atoms with Gasteiger partial charge in [-0.05, 0) is 6.92 Å². The monoisotopic (exact) mass is 185 g/mol. The standard InChI is InChI=1S/C7H8FN3O2/c1-4(13-7(9)12)6-10-2-5(8)3-11-6/h2-4H,1H3,(H2,9,12). The Labute approximate surface area is 73.7 Å². The third kappa shape index (κ3) is 2.66. The van der Waals surface area contributed by atoms with Crippen LogP contribution in [0.15, 0.2) is 12.4 Å². The van der Waals surface area contributed by atoms with Gasteiger partial charge in [0.2, 0.25) is 0 Å². The number of primary amides is 1. The highest BCUT2D eigenvalue weighted by Gasteiger charge is 2.11. The number of halogens is 1. The maximum Gasteiger partial charge on any atom is 0.405 e. The molecular formula is C7H8FN3O2. The Morgan fingerprint density at radius 1 is 1.62 bits per heavy atom. The van der Waals surface area contributed by atoms with E-state index >= 15 is 0 Å². The highest BCUT2D eigenvalue weighted by atomic mass is 19.1. The molecule has 1 amide bonds. The summed E-state index contributed by atoms with van der Waals surface area (Å²) < 4.78 is 16.9. The fourth-order valence-corrected chi connectivity index (χ4v) is 0.759. The van der Waals surface area contributed by atoms with Crippen LogP contribution in [0, 0.1) is 5.82 Å². The zero-order valence-corrected chi connectivity index (χ0v) is 6.90. The third-order valence-corrected chi connectivity index (χ3v) is 1.30. The lowest BCUT2D eigenvalue weighted by atomic mass is 10.4. The van der Waals surface area contributed by atoms with E-state index in [0.29, 0.717) is 0 Å². The minimum Gasteiger partial charge on any atom is -0.438 e. The van der Waals surface area contributed by atoms with Gasteiger partial charge in [-0.25, -0.2) is 19.2 Å². The van der Waals surface area contributed by atoms with Gasteiger partial charge < -0.3 is 10.5 Å². The number of nitrogens with two attached hydrogens (primary N) is 1. The molecule has 1 heterocycles. The van der Waals surface area contributed by atoms with Crippen molar-refractivity contribution < 1.29 is 13.9 Å². The molecule has 1 aromatic rings. The van der Waals surface area contributed by atoms with E-state index in [9.17, 15) is 9.18 Å². The SMILES string of the molecule is CC(OC(N)=O)c1ncc(F)cn1. The second-order valence-electron chi connectivity index (χ2n) is 2.34. The maximum absolute atomic E-state index is 12.4. The Morgan fingerprint density at radius 3 is 2.62 bits per heavy atom. The number of amides is 1. The largest absolute Gasteiger partial charge is 0.438 e. The van der Waals surface area contributed by atoms with Gasteiger partial charge in [0.05, 0.1) is 12.4 Å². The van der Waals surface area contributed by atoms with Gasteiger partial charge in [0.25, 0.3) is 0 Å². The van der Waals surface area contributed by atoms with Crippen LogP contribution in [-0.4, -0.2) is 16.1 Å². The van der Waals surface area contributed by atoms with Gasteiger partial charge in [0.1, 0.15) is 0 Å². The van der Waals surface area contributed by atoms with E-state index in [1.54, 1.807) is 0 Å². The lowest BCUT2D eigenvalue weighted by Gasteiger charge is -2.08. The summed E-state index contributed by atoms with van der Waals surface area (Å²) in [6.07, 6.45) is 0.394. The Bertz CT molecular complexity index is 301. The summed E-state index contributed by atoms with van der Waals surface area (Å²) >= 11 is 0. The molecule has 0 fully saturated rings. The molecule has 2 N–H and O–H groups in total. The lowest BCUT2D eigenvalue weighted by Crippen LogP contribution is -2.17. The molecular weight excluding hydrogens is 177 g/mol. The smallest absolute Gasteiger partial charge is 0.405 e. The van der Waals surface area contributed by atoms with E-state index in [2.05, 4.69) is 14.7 Å². The first-order valence-corrected chi connectivity index (χ1v) is 3.53. The van der Waals surface area contributed by atoms with Crippen molar-refractivity contribution in [2.75, 3.05) is 0 Å². The molecule has 0 radical (unpaired) electrons. The van der Waals surface area contributed by atoms with Crippen LogP contribution in [0.5, 0.6) is 0 Å². The molecule has 0 aliphatic carbocycles. The second kappa shape index (κ2) is 3.79. The number of carbonyl (C=O) groups is 1. The lowest BCUT2D eigenvalue weighted by molar-refractivity contribution is 0.112. The first kappa shape index (κ1) is 9.37. The molecule has 1 unspecified atom stereocenters. The van der Waals surface area contributed by atoms with Gasteiger partial charge in [0.15, 0.2) is 17.7 Å². The van der Waals surface area contributed by atoms with Crippen molar-refractivity contribution in [3.63, 3.8) is 0 Å². The number of hydrogen-bond donors (Lipinski definition) is 1. The fourth-order valence-electron chi connectivity index (χ4n) is 0.759. The normalized spacial score (nSPS) is 12.2. The van der Waals surface area contributed by atoms with Crippen molar-refractivity contribution in [3.05, 3.63) is 24.0 Å². The molecule has 1 aromatic heterocycles. The molecule has 0 bridgehead atoms. The van der Waals surface area contributed by atoms with Crippen LogP contribution < -0.4 is 5.73 Å². The second-order valence-corrected chi connectivity index (χ2v) is 2.34. The van der Waals surface area contributed by atoms with Crippen LogP contribution in [0.4, 0.5) is 9.18 Å². The molecule has 0 saturated carbocycles. The predicted molar refractivity (Wildman–Crippen MR) is 41.1 cm³/mol. The zero-order valence-electron chi connectivity index (χ0n) is 6.90. The minimum absolute atomic E-state index is 0.209. The molecule has 5 nitrogen and oxygen atoms in total. The highest BCUT2D eigenvalue weighted by Crippen LogP contribution is 2.10. The minimum atomic E-state index is -0.916. The van der Waals surface area contributed by atoms with Gasteiger partial charge in [-0.2, -0.15) is 0 Å². The van der Waals surface area contributed by atoms with Crippen molar-refractivity contribution >= 4 is 6.09 Å². The Balaban J connectivity index is 2.71. The van der Waals surface area contributed by atoms with Crippen molar-refractivity contribution in [1.82, 2.24) is 9.97 Å². The van der Waals surface area contributed by atoms with Crippen LogP contribution in [0.1, 0.15) is 18.9 Å². The number of carbonyl (C=O) groups excluding carboxylic acids is 1. The molecule has 0 aliphatic heterocycles. The third-order valence-electron chi connectivity index (χ3n) is 1.30. The summed E-state index contributed by atoms with van der Waals surface area (Å²) in [4.78, 5) is 17.5. The zero-order chi connectivity index (χ0) is 9.84. The molecule has 0 aliphatic rings. The maximum atomic E-state index is 12.4. The molecule has 6 heteroatoms. The van der Waals surface area contributed by atoms with E-state index in [-0.39, 0.29) is 5.82 Å².